The van der Waals surface area contributed by atoms with Gasteiger partial charge >= 0.3 is 6.09 Å². The predicted octanol–water partition coefficient (Wildman–Crippen LogP) is 2.98. The van der Waals surface area contributed by atoms with Gasteiger partial charge in [0, 0.05) is 43.1 Å². The van der Waals surface area contributed by atoms with Crippen molar-refractivity contribution in [1.29, 1.82) is 0 Å². The van der Waals surface area contributed by atoms with E-state index in [0.717, 1.165) is 5.39 Å². The number of aromatic nitrogens is 2. The van der Waals surface area contributed by atoms with Gasteiger partial charge in [0.25, 0.3) is 0 Å². The van der Waals surface area contributed by atoms with Crippen LogP contribution >= 0.6 is 11.6 Å². The quantitative estimate of drug-likeness (QED) is 0.771. The van der Waals surface area contributed by atoms with Gasteiger partial charge < -0.3 is 24.6 Å². The molecule has 0 bridgehead atoms. The van der Waals surface area contributed by atoms with Crippen molar-refractivity contribution in [3.8, 4) is 5.88 Å². The highest BCUT2D eigenvalue weighted by atomic mass is 35.5. The van der Waals surface area contributed by atoms with Crippen LogP contribution in [0.3, 0.4) is 0 Å². The van der Waals surface area contributed by atoms with Crippen LogP contribution < -0.4 is 4.90 Å². The molecular formula is C16H21ClN4O3. The summed E-state index contributed by atoms with van der Waals surface area (Å²) in [6.07, 6.45) is 1.41. The van der Waals surface area contributed by atoms with E-state index in [1.54, 1.807) is 17.2 Å². The number of rotatable bonds is 1. The molecule has 1 aliphatic rings. The SMILES string of the molecule is CC(C)(C)OC(=O)N1CCN(c2nc(Cl)cc3c(O)[nH]cc23)CC1. The van der Waals surface area contributed by atoms with Crippen LogP contribution in [0.15, 0.2) is 12.3 Å². The van der Waals surface area contributed by atoms with E-state index in [4.69, 9.17) is 16.3 Å². The number of carbonyl (C=O) groups is 1. The van der Waals surface area contributed by atoms with E-state index in [-0.39, 0.29) is 12.0 Å². The number of fused-ring (bicyclic) bond motifs is 1. The Morgan fingerprint density at radius 1 is 1.29 bits per heavy atom. The highest BCUT2D eigenvalue weighted by Gasteiger charge is 2.27. The van der Waals surface area contributed by atoms with Crippen molar-refractivity contribution in [3.05, 3.63) is 17.4 Å². The summed E-state index contributed by atoms with van der Waals surface area (Å²) in [5, 5.41) is 11.6. The number of aromatic hydroxyl groups is 1. The third-order valence-corrected chi connectivity index (χ3v) is 4.04. The van der Waals surface area contributed by atoms with Crippen molar-refractivity contribution in [2.45, 2.75) is 26.4 Å². The van der Waals surface area contributed by atoms with Gasteiger partial charge in [-0.2, -0.15) is 0 Å². The van der Waals surface area contributed by atoms with Crippen LogP contribution in [0.4, 0.5) is 10.6 Å². The number of carbonyl (C=O) groups excluding carboxylic acids is 1. The number of amides is 1. The number of halogens is 1. The van der Waals surface area contributed by atoms with Crippen molar-refractivity contribution in [1.82, 2.24) is 14.9 Å². The van der Waals surface area contributed by atoms with Crippen LogP contribution in [0.25, 0.3) is 10.8 Å². The molecule has 1 fully saturated rings. The lowest BCUT2D eigenvalue weighted by Crippen LogP contribution is -2.50. The van der Waals surface area contributed by atoms with Crippen molar-refractivity contribution in [2.24, 2.45) is 0 Å². The maximum Gasteiger partial charge on any atom is 0.410 e. The summed E-state index contributed by atoms with van der Waals surface area (Å²) in [6, 6.07) is 1.63. The van der Waals surface area contributed by atoms with Gasteiger partial charge in [-0.1, -0.05) is 11.6 Å². The molecule has 1 aliphatic heterocycles. The number of hydrogen-bond donors (Lipinski definition) is 2. The maximum absolute atomic E-state index is 12.1. The van der Waals surface area contributed by atoms with E-state index in [9.17, 15) is 9.90 Å². The molecule has 3 rings (SSSR count). The van der Waals surface area contributed by atoms with Gasteiger partial charge in [-0.25, -0.2) is 9.78 Å². The fraction of sp³-hybridized carbons (Fsp3) is 0.500. The first-order valence-electron chi connectivity index (χ1n) is 7.84. The number of anilines is 1. The Balaban J connectivity index is 1.75. The van der Waals surface area contributed by atoms with Crippen LogP contribution in [0.1, 0.15) is 20.8 Å². The average Bonchev–Trinajstić information content (AvgIpc) is 2.86. The summed E-state index contributed by atoms with van der Waals surface area (Å²) < 4.78 is 5.40. The van der Waals surface area contributed by atoms with E-state index < -0.39 is 5.60 Å². The average molecular weight is 353 g/mol. The molecule has 0 saturated carbocycles. The van der Waals surface area contributed by atoms with Gasteiger partial charge in [-0.15, -0.1) is 0 Å². The third-order valence-electron chi connectivity index (χ3n) is 3.85. The minimum atomic E-state index is -0.502. The summed E-state index contributed by atoms with van der Waals surface area (Å²) in [5.74, 6) is 0.779. The first-order chi connectivity index (χ1) is 11.2. The third kappa shape index (κ3) is 3.36. The molecule has 2 aromatic rings. The molecule has 130 valence electrons. The number of nitrogens with zero attached hydrogens (tertiary/aromatic N) is 3. The molecule has 1 amide bonds. The molecule has 8 heteroatoms. The van der Waals surface area contributed by atoms with E-state index in [0.29, 0.717) is 42.5 Å². The monoisotopic (exact) mass is 352 g/mol. The summed E-state index contributed by atoms with van der Waals surface area (Å²) >= 11 is 6.08. The van der Waals surface area contributed by atoms with Crippen LogP contribution in [0.5, 0.6) is 5.88 Å². The van der Waals surface area contributed by atoms with Crippen LogP contribution in [0.2, 0.25) is 5.15 Å². The topological polar surface area (TPSA) is 81.7 Å². The lowest BCUT2D eigenvalue weighted by atomic mass is 10.2. The first-order valence-corrected chi connectivity index (χ1v) is 8.22. The summed E-state index contributed by atoms with van der Waals surface area (Å²) in [6.45, 7) is 7.88. The van der Waals surface area contributed by atoms with E-state index in [1.807, 2.05) is 20.8 Å². The van der Waals surface area contributed by atoms with Crippen molar-refractivity contribution in [2.75, 3.05) is 31.1 Å². The number of H-pyrrole nitrogens is 1. The largest absolute Gasteiger partial charge is 0.494 e. The molecule has 7 nitrogen and oxygen atoms in total. The van der Waals surface area contributed by atoms with Gasteiger partial charge in [0.15, 0.2) is 5.88 Å². The number of pyridine rings is 1. The Kier molecular flexibility index (Phi) is 4.21. The molecule has 3 heterocycles. The van der Waals surface area contributed by atoms with Crippen LogP contribution in [-0.2, 0) is 4.74 Å². The van der Waals surface area contributed by atoms with Crippen LogP contribution in [-0.4, -0.2) is 57.8 Å². The predicted molar refractivity (Wildman–Crippen MR) is 92.8 cm³/mol. The molecule has 0 aromatic carbocycles. The standard InChI is InChI=1S/C16H21ClN4O3/c1-16(2,3)24-15(23)21-6-4-20(5-7-21)13-11-9-18-14(22)10(11)8-12(17)19-13/h8-9,18,22H,4-7H2,1-3H3. The van der Waals surface area contributed by atoms with Gasteiger partial charge in [0.1, 0.15) is 16.6 Å². The van der Waals surface area contributed by atoms with E-state index >= 15 is 0 Å². The highest BCUT2D eigenvalue weighted by molar-refractivity contribution is 6.30. The molecular weight excluding hydrogens is 332 g/mol. The molecule has 0 aliphatic carbocycles. The second-order valence-electron chi connectivity index (χ2n) is 6.82. The molecule has 2 N–H and O–H groups in total. The highest BCUT2D eigenvalue weighted by Crippen LogP contribution is 2.33. The molecule has 2 aromatic heterocycles. The van der Waals surface area contributed by atoms with Crippen LogP contribution in [0, 0.1) is 0 Å². The van der Waals surface area contributed by atoms with E-state index in [1.165, 1.54) is 0 Å². The zero-order valence-corrected chi connectivity index (χ0v) is 14.7. The Morgan fingerprint density at radius 2 is 1.96 bits per heavy atom. The normalized spacial score (nSPS) is 15.8. The summed E-state index contributed by atoms with van der Waals surface area (Å²) in [5.41, 5.74) is -0.502. The van der Waals surface area contributed by atoms with Crippen molar-refractivity contribution >= 4 is 34.3 Å². The molecule has 0 unspecified atom stereocenters. The zero-order valence-electron chi connectivity index (χ0n) is 14.0. The molecule has 24 heavy (non-hydrogen) atoms. The lowest BCUT2D eigenvalue weighted by molar-refractivity contribution is 0.0240. The second kappa shape index (κ2) is 6.05. The Morgan fingerprint density at radius 3 is 2.58 bits per heavy atom. The summed E-state index contributed by atoms with van der Waals surface area (Å²) in [4.78, 5) is 23.1. The molecule has 0 atom stereocenters. The Hall–Kier alpha value is -2.15. The number of aromatic amines is 1. The van der Waals surface area contributed by atoms with Gasteiger partial charge in [-0.05, 0) is 26.8 Å². The number of hydrogen-bond acceptors (Lipinski definition) is 5. The minimum absolute atomic E-state index is 0.0722. The Labute approximate surface area is 145 Å². The van der Waals surface area contributed by atoms with Gasteiger partial charge in [0.05, 0.1) is 0 Å². The number of ether oxygens (including phenoxy) is 1. The molecule has 0 radical (unpaired) electrons. The van der Waals surface area contributed by atoms with Crippen molar-refractivity contribution in [3.63, 3.8) is 0 Å². The molecule has 1 saturated heterocycles. The number of piperazine rings is 1. The van der Waals surface area contributed by atoms with Crippen molar-refractivity contribution < 1.29 is 14.6 Å². The lowest BCUT2D eigenvalue weighted by Gasteiger charge is -2.36. The summed E-state index contributed by atoms with van der Waals surface area (Å²) in [7, 11) is 0. The fourth-order valence-corrected chi connectivity index (χ4v) is 2.93. The van der Waals surface area contributed by atoms with Gasteiger partial charge in [0.2, 0.25) is 0 Å². The second-order valence-corrected chi connectivity index (χ2v) is 7.21. The fourth-order valence-electron chi connectivity index (χ4n) is 2.74. The van der Waals surface area contributed by atoms with E-state index in [2.05, 4.69) is 14.9 Å². The number of nitrogens with one attached hydrogen (secondary N) is 1. The maximum atomic E-state index is 12.1. The minimum Gasteiger partial charge on any atom is -0.494 e. The molecule has 0 spiro atoms. The smallest absolute Gasteiger partial charge is 0.410 e. The zero-order chi connectivity index (χ0) is 17.5. The van der Waals surface area contributed by atoms with Gasteiger partial charge in [-0.3, -0.25) is 0 Å². The first kappa shape index (κ1) is 16.7. The Bertz CT molecular complexity index is 761.